The number of carbonyl (C=O) groups is 1. The van der Waals surface area contributed by atoms with Crippen LogP contribution in [-0.2, 0) is 27.8 Å². The predicted molar refractivity (Wildman–Crippen MR) is 92.9 cm³/mol. The minimum atomic E-state index is -3.72. The van der Waals surface area contributed by atoms with Crippen LogP contribution < -0.4 is 19.9 Å². The molecule has 0 aliphatic rings. The van der Waals surface area contributed by atoms with Gasteiger partial charge in [0.15, 0.2) is 0 Å². The highest BCUT2D eigenvalue weighted by atomic mass is 32.2. The van der Waals surface area contributed by atoms with Gasteiger partial charge in [-0.3, -0.25) is 4.79 Å². The molecule has 0 spiro atoms. The zero-order chi connectivity index (χ0) is 18.4. The van der Waals surface area contributed by atoms with Crippen molar-refractivity contribution >= 4 is 15.9 Å². The lowest BCUT2D eigenvalue weighted by Gasteiger charge is -2.11. The molecule has 0 heterocycles. The summed E-state index contributed by atoms with van der Waals surface area (Å²) in [5, 5.41) is 7.82. The van der Waals surface area contributed by atoms with Gasteiger partial charge in [-0.05, 0) is 23.8 Å². The van der Waals surface area contributed by atoms with Crippen LogP contribution in [0.1, 0.15) is 11.1 Å². The maximum absolute atomic E-state index is 12.1. The Hall–Kier alpha value is -2.58. The molecule has 7 nitrogen and oxygen atoms in total. The summed E-state index contributed by atoms with van der Waals surface area (Å²) < 4.78 is 32.8. The summed E-state index contributed by atoms with van der Waals surface area (Å²) in [6, 6.07) is 11.3. The number of nitrogens with one attached hydrogen (secondary N) is 1. The van der Waals surface area contributed by atoms with Gasteiger partial charge >= 0.3 is 0 Å². The average molecular weight is 364 g/mol. The highest BCUT2D eigenvalue weighted by Gasteiger charge is 2.11. The summed E-state index contributed by atoms with van der Waals surface area (Å²) in [5.41, 5.74) is 1.51. The molecule has 8 heteroatoms. The fourth-order valence-electron chi connectivity index (χ4n) is 2.23. The Morgan fingerprint density at radius 2 is 1.76 bits per heavy atom. The summed E-state index contributed by atoms with van der Waals surface area (Å²) in [5.74, 6) is 1.04. The second kappa shape index (κ2) is 8.00. The van der Waals surface area contributed by atoms with Gasteiger partial charge in [0.1, 0.15) is 11.5 Å². The number of primary sulfonamides is 1. The van der Waals surface area contributed by atoms with Crippen molar-refractivity contribution in [3.05, 3.63) is 53.6 Å². The molecule has 0 fully saturated rings. The Bertz CT molecular complexity index is 848. The largest absolute Gasteiger partial charge is 0.497 e. The van der Waals surface area contributed by atoms with E-state index in [1.54, 1.807) is 37.4 Å². The summed E-state index contributed by atoms with van der Waals surface area (Å²) in [4.78, 5) is 12.2. The standard InChI is InChI=1S/C17H20N2O5S/c1-23-14-6-5-13(16(10-14)24-2)9-17(20)19-11-12-3-7-15(8-4-12)25(18,21)22/h3-8,10H,9,11H2,1-2H3,(H,19,20)(H2,18,21,22). The van der Waals surface area contributed by atoms with Crippen molar-refractivity contribution < 1.29 is 22.7 Å². The number of hydrogen-bond acceptors (Lipinski definition) is 5. The van der Waals surface area contributed by atoms with Crippen molar-refractivity contribution in [2.45, 2.75) is 17.9 Å². The van der Waals surface area contributed by atoms with Crippen molar-refractivity contribution in [3.8, 4) is 11.5 Å². The third-order valence-electron chi connectivity index (χ3n) is 3.59. The van der Waals surface area contributed by atoms with E-state index in [0.717, 1.165) is 11.1 Å². The van der Waals surface area contributed by atoms with E-state index in [1.807, 2.05) is 0 Å². The number of ether oxygens (including phenoxy) is 2. The van der Waals surface area contributed by atoms with Crippen LogP contribution in [0.15, 0.2) is 47.4 Å². The molecule has 0 aromatic heterocycles. The lowest BCUT2D eigenvalue weighted by molar-refractivity contribution is -0.120. The lowest BCUT2D eigenvalue weighted by Crippen LogP contribution is -2.24. The number of rotatable bonds is 7. The quantitative estimate of drug-likeness (QED) is 0.768. The van der Waals surface area contributed by atoms with Crippen LogP contribution in [0.4, 0.5) is 0 Å². The van der Waals surface area contributed by atoms with E-state index in [4.69, 9.17) is 14.6 Å². The van der Waals surface area contributed by atoms with Crippen LogP contribution in [0.3, 0.4) is 0 Å². The van der Waals surface area contributed by atoms with Crippen LogP contribution in [-0.4, -0.2) is 28.5 Å². The van der Waals surface area contributed by atoms with Crippen LogP contribution in [0.2, 0.25) is 0 Å². The van der Waals surface area contributed by atoms with Crippen molar-refractivity contribution in [1.29, 1.82) is 0 Å². The molecular weight excluding hydrogens is 344 g/mol. The van der Waals surface area contributed by atoms with Crippen molar-refractivity contribution in [2.75, 3.05) is 14.2 Å². The van der Waals surface area contributed by atoms with Gasteiger partial charge in [-0.2, -0.15) is 0 Å². The third-order valence-corrected chi connectivity index (χ3v) is 4.52. The molecule has 134 valence electrons. The van der Waals surface area contributed by atoms with Crippen LogP contribution in [0.5, 0.6) is 11.5 Å². The Kier molecular flexibility index (Phi) is 6.00. The van der Waals surface area contributed by atoms with Gasteiger partial charge in [-0.1, -0.05) is 18.2 Å². The molecule has 0 atom stereocenters. The van der Waals surface area contributed by atoms with Gasteiger partial charge in [-0.15, -0.1) is 0 Å². The number of hydrogen-bond donors (Lipinski definition) is 2. The lowest BCUT2D eigenvalue weighted by atomic mass is 10.1. The minimum Gasteiger partial charge on any atom is -0.497 e. The summed E-state index contributed by atoms with van der Waals surface area (Å²) >= 11 is 0. The first-order chi connectivity index (χ1) is 11.8. The molecule has 0 radical (unpaired) electrons. The van der Waals surface area contributed by atoms with Crippen molar-refractivity contribution in [1.82, 2.24) is 5.32 Å². The van der Waals surface area contributed by atoms with Crippen LogP contribution in [0, 0.1) is 0 Å². The van der Waals surface area contributed by atoms with Gasteiger partial charge in [0.2, 0.25) is 15.9 Å². The van der Waals surface area contributed by atoms with E-state index in [9.17, 15) is 13.2 Å². The smallest absolute Gasteiger partial charge is 0.238 e. The molecular formula is C17H20N2O5S. The maximum atomic E-state index is 12.1. The van der Waals surface area contributed by atoms with E-state index < -0.39 is 10.0 Å². The van der Waals surface area contributed by atoms with E-state index in [0.29, 0.717) is 11.5 Å². The summed E-state index contributed by atoms with van der Waals surface area (Å²) in [6.45, 7) is 0.280. The zero-order valence-electron chi connectivity index (χ0n) is 14.0. The number of sulfonamides is 1. The van der Waals surface area contributed by atoms with Gasteiger partial charge in [0.25, 0.3) is 0 Å². The second-order valence-electron chi connectivity index (χ2n) is 5.32. The average Bonchev–Trinajstić information content (AvgIpc) is 2.60. The van der Waals surface area contributed by atoms with Crippen molar-refractivity contribution in [2.24, 2.45) is 5.14 Å². The molecule has 0 unspecified atom stereocenters. The maximum Gasteiger partial charge on any atom is 0.238 e. The van der Waals surface area contributed by atoms with Gasteiger partial charge < -0.3 is 14.8 Å². The van der Waals surface area contributed by atoms with Crippen molar-refractivity contribution in [3.63, 3.8) is 0 Å². The predicted octanol–water partition coefficient (Wildman–Crippen LogP) is 1.21. The van der Waals surface area contributed by atoms with Crippen LogP contribution >= 0.6 is 0 Å². The SMILES string of the molecule is COc1ccc(CC(=O)NCc2ccc(S(N)(=O)=O)cc2)c(OC)c1. The molecule has 0 saturated heterocycles. The third kappa shape index (κ3) is 5.20. The van der Waals surface area contributed by atoms with Gasteiger partial charge in [-0.25, -0.2) is 13.6 Å². The van der Waals surface area contributed by atoms with Gasteiger partial charge in [0.05, 0.1) is 25.5 Å². The molecule has 0 aliphatic carbocycles. The fourth-order valence-corrected chi connectivity index (χ4v) is 2.75. The summed E-state index contributed by atoms with van der Waals surface area (Å²) in [6.07, 6.45) is 0.155. The first kappa shape index (κ1) is 18.8. The second-order valence-corrected chi connectivity index (χ2v) is 6.88. The minimum absolute atomic E-state index is 0.0329. The monoisotopic (exact) mass is 364 g/mol. The number of benzene rings is 2. The van der Waals surface area contributed by atoms with E-state index >= 15 is 0 Å². The number of methoxy groups -OCH3 is 2. The Morgan fingerprint density at radius 1 is 1.08 bits per heavy atom. The molecule has 0 saturated carbocycles. The number of nitrogens with two attached hydrogens (primary N) is 1. The highest BCUT2D eigenvalue weighted by Crippen LogP contribution is 2.24. The molecule has 2 aromatic rings. The fraction of sp³-hybridized carbons (Fsp3) is 0.235. The first-order valence-electron chi connectivity index (χ1n) is 7.43. The number of amides is 1. The Balaban J connectivity index is 1.97. The Morgan fingerprint density at radius 3 is 2.32 bits per heavy atom. The topological polar surface area (TPSA) is 108 Å². The molecule has 2 aromatic carbocycles. The molecule has 1 amide bonds. The van der Waals surface area contributed by atoms with Crippen LogP contribution in [0.25, 0.3) is 0 Å². The highest BCUT2D eigenvalue weighted by molar-refractivity contribution is 7.89. The van der Waals surface area contributed by atoms with Gasteiger partial charge in [0, 0.05) is 18.2 Å². The van der Waals surface area contributed by atoms with E-state index in [1.165, 1.54) is 19.2 Å². The molecule has 25 heavy (non-hydrogen) atoms. The van der Waals surface area contributed by atoms with E-state index in [2.05, 4.69) is 5.32 Å². The molecule has 3 N–H and O–H groups in total. The van der Waals surface area contributed by atoms with E-state index in [-0.39, 0.29) is 23.8 Å². The first-order valence-corrected chi connectivity index (χ1v) is 8.97. The molecule has 0 bridgehead atoms. The number of carbonyl (C=O) groups excluding carboxylic acids is 1. The summed E-state index contributed by atoms with van der Waals surface area (Å²) in [7, 11) is -0.628. The Labute approximate surface area is 146 Å². The molecule has 2 rings (SSSR count). The molecule has 0 aliphatic heterocycles. The normalized spacial score (nSPS) is 11.0. The zero-order valence-corrected chi connectivity index (χ0v) is 14.8.